The summed E-state index contributed by atoms with van der Waals surface area (Å²) < 4.78 is 0. The fraction of sp³-hybridized carbons (Fsp3) is 0.400. The van der Waals surface area contributed by atoms with E-state index in [2.05, 4.69) is 0 Å². The molecule has 0 saturated carbocycles. The molecule has 0 saturated heterocycles. The fourth-order valence-corrected chi connectivity index (χ4v) is 0.396. The number of halogens is 1. The van der Waals surface area contributed by atoms with Gasteiger partial charge < -0.3 is 5.11 Å². The van der Waals surface area contributed by atoms with Gasteiger partial charge in [-0.2, -0.15) is 0 Å². The molecule has 0 bridgehead atoms. The first-order valence-corrected chi connectivity index (χ1v) is 2.95. The molecule has 0 aromatic heterocycles. The van der Waals surface area contributed by atoms with E-state index in [9.17, 15) is 14.4 Å². The Balaban J connectivity index is 0. The number of hydrogen-bond acceptors (Lipinski definition) is 3. The number of carbonyl (C=O) groups is 3. The Labute approximate surface area is 79.8 Å². The van der Waals surface area contributed by atoms with Crippen LogP contribution in [-0.4, -0.2) is 28.5 Å². The normalized spacial score (nSPS) is 8.09. The molecule has 0 aliphatic heterocycles. The number of alkyl halides is 1. The summed E-state index contributed by atoms with van der Waals surface area (Å²) in [6.07, 6.45) is -0.612. The SMILES string of the molecule is O=C(CCl)CC(=O)C(=O)O.[V]. The average molecular weight is 215 g/mol. The van der Waals surface area contributed by atoms with Crippen LogP contribution in [0.25, 0.3) is 0 Å². The van der Waals surface area contributed by atoms with Crippen molar-refractivity contribution in [1.29, 1.82) is 0 Å². The van der Waals surface area contributed by atoms with E-state index in [1.54, 1.807) is 0 Å². The standard InChI is InChI=1S/C5H5ClO4.V/c6-2-3(7)1-4(8)5(9)10;/h1-2H2,(H,9,10);. The van der Waals surface area contributed by atoms with Crippen LogP contribution in [-0.2, 0) is 32.9 Å². The van der Waals surface area contributed by atoms with Gasteiger partial charge in [0.05, 0.1) is 12.3 Å². The van der Waals surface area contributed by atoms with Crippen molar-refractivity contribution in [3.63, 3.8) is 0 Å². The number of hydrogen-bond donors (Lipinski definition) is 1. The minimum absolute atomic E-state index is 0. The van der Waals surface area contributed by atoms with Crippen molar-refractivity contribution >= 4 is 29.1 Å². The molecule has 0 heterocycles. The van der Waals surface area contributed by atoms with Crippen LogP contribution in [0.4, 0.5) is 0 Å². The molecule has 1 radical (unpaired) electrons. The van der Waals surface area contributed by atoms with Crippen LogP contribution in [0.15, 0.2) is 0 Å². The van der Waals surface area contributed by atoms with Crippen LogP contribution < -0.4 is 0 Å². The molecule has 11 heavy (non-hydrogen) atoms. The summed E-state index contributed by atoms with van der Waals surface area (Å²) in [5, 5.41) is 7.98. The molecule has 0 spiro atoms. The monoisotopic (exact) mass is 215 g/mol. The van der Waals surface area contributed by atoms with Gasteiger partial charge in [-0.15, -0.1) is 11.6 Å². The van der Waals surface area contributed by atoms with Gasteiger partial charge in [0.2, 0.25) is 5.78 Å². The van der Waals surface area contributed by atoms with E-state index in [4.69, 9.17) is 16.7 Å². The van der Waals surface area contributed by atoms with Crippen LogP contribution in [0.5, 0.6) is 0 Å². The number of ketones is 2. The van der Waals surface area contributed by atoms with E-state index >= 15 is 0 Å². The summed E-state index contributed by atoms with van der Waals surface area (Å²) in [6.45, 7) is 0. The van der Waals surface area contributed by atoms with Crippen LogP contribution in [0, 0.1) is 0 Å². The second-order valence-electron chi connectivity index (χ2n) is 1.58. The van der Waals surface area contributed by atoms with Crippen LogP contribution in [0.3, 0.4) is 0 Å². The molecule has 0 aromatic rings. The predicted octanol–water partition coefficient (Wildman–Crippen LogP) is -0.164. The Bertz CT molecular complexity index is 179. The molecule has 1 N–H and O–H groups in total. The summed E-state index contributed by atoms with van der Waals surface area (Å²) in [4.78, 5) is 30.3. The topological polar surface area (TPSA) is 71.4 Å². The number of aliphatic carboxylic acids is 1. The summed E-state index contributed by atoms with van der Waals surface area (Å²) in [5.41, 5.74) is 0. The Kier molecular flexibility index (Phi) is 7.73. The molecule has 0 fully saturated rings. The summed E-state index contributed by atoms with van der Waals surface area (Å²) in [7, 11) is 0. The number of carbonyl (C=O) groups excluding carboxylic acids is 2. The second-order valence-corrected chi connectivity index (χ2v) is 1.84. The van der Waals surface area contributed by atoms with Crippen molar-refractivity contribution in [2.24, 2.45) is 0 Å². The number of carboxylic acid groups (broad SMARTS) is 1. The van der Waals surface area contributed by atoms with Gasteiger partial charge in [0, 0.05) is 18.6 Å². The van der Waals surface area contributed by atoms with Gasteiger partial charge in [0.1, 0.15) is 0 Å². The van der Waals surface area contributed by atoms with Crippen molar-refractivity contribution in [2.75, 3.05) is 5.88 Å². The van der Waals surface area contributed by atoms with Gasteiger partial charge in [0.25, 0.3) is 0 Å². The summed E-state index contributed by atoms with van der Waals surface area (Å²) >= 11 is 5.01. The van der Waals surface area contributed by atoms with Gasteiger partial charge >= 0.3 is 5.97 Å². The quantitative estimate of drug-likeness (QED) is 0.402. The van der Waals surface area contributed by atoms with E-state index in [1.165, 1.54) is 0 Å². The smallest absolute Gasteiger partial charge is 0.372 e. The maximum atomic E-state index is 10.3. The third-order valence-electron chi connectivity index (χ3n) is 0.745. The van der Waals surface area contributed by atoms with E-state index in [0.29, 0.717) is 0 Å². The van der Waals surface area contributed by atoms with E-state index in [0.717, 1.165) is 0 Å². The van der Waals surface area contributed by atoms with Gasteiger partial charge in [-0.3, -0.25) is 9.59 Å². The van der Waals surface area contributed by atoms with Gasteiger partial charge in [0.15, 0.2) is 5.78 Å². The summed E-state index contributed by atoms with van der Waals surface area (Å²) in [6, 6.07) is 0. The van der Waals surface area contributed by atoms with Crippen molar-refractivity contribution < 1.29 is 38.0 Å². The van der Waals surface area contributed by atoms with Crippen molar-refractivity contribution in [1.82, 2.24) is 0 Å². The van der Waals surface area contributed by atoms with E-state index in [1.807, 2.05) is 0 Å². The van der Waals surface area contributed by atoms with Gasteiger partial charge in [-0.05, 0) is 0 Å². The zero-order chi connectivity index (χ0) is 8.15. The predicted molar refractivity (Wildman–Crippen MR) is 33.0 cm³/mol. The van der Waals surface area contributed by atoms with Crippen molar-refractivity contribution in [2.45, 2.75) is 6.42 Å². The molecule has 0 atom stereocenters. The zero-order valence-electron chi connectivity index (χ0n) is 5.41. The second kappa shape index (κ2) is 6.40. The van der Waals surface area contributed by atoms with Crippen molar-refractivity contribution in [3.8, 4) is 0 Å². The van der Waals surface area contributed by atoms with E-state index < -0.39 is 24.0 Å². The first-order chi connectivity index (χ1) is 4.57. The Morgan fingerprint density at radius 1 is 1.27 bits per heavy atom. The number of carboxylic acids is 1. The number of rotatable bonds is 4. The first kappa shape index (κ1) is 13.3. The Morgan fingerprint density at radius 2 is 1.73 bits per heavy atom. The molecule has 0 unspecified atom stereocenters. The molecule has 0 amide bonds. The molecule has 6 heteroatoms. The Hall–Kier alpha value is -0.316. The van der Waals surface area contributed by atoms with Crippen LogP contribution in [0.2, 0.25) is 0 Å². The maximum absolute atomic E-state index is 10.3. The molecular formula is C5H5ClO4V. The molecule has 0 aliphatic rings. The van der Waals surface area contributed by atoms with Gasteiger partial charge in [-0.1, -0.05) is 0 Å². The minimum atomic E-state index is -1.60. The maximum Gasteiger partial charge on any atom is 0.372 e. The molecular weight excluding hydrogens is 210 g/mol. The Morgan fingerprint density at radius 3 is 2.00 bits per heavy atom. The largest absolute Gasteiger partial charge is 0.475 e. The first-order valence-electron chi connectivity index (χ1n) is 2.41. The minimum Gasteiger partial charge on any atom is -0.475 e. The summed E-state index contributed by atoms with van der Waals surface area (Å²) in [5.74, 6) is -3.61. The number of Topliss-reactive ketones (excluding diaryl/α,β-unsaturated/α-hetero) is 2. The van der Waals surface area contributed by atoms with Crippen molar-refractivity contribution in [3.05, 3.63) is 0 Å². The third kappa shape index (κ3) is 6.10. The molecule has 4 nitrogen and oxygen atoms in total. The van der Waals surface area contributed by atoms with Crippen LogP contribution >= 0.6 is 11.6 Å². The molecule has 0 aromatic carbocycles. The molecule has 0 aliphatic carbocycles. The molecule has 0 rings (SSSR count). The average Bonchev–Trinajstić information content (AvgIpc) is 1.87. The van der Waals surface area contributed by atoms with Gasteiger partial charge in [-0.25, -0.2) is 4.79 Å². The zero-order valence-corrected chi connectivity index (χ0v) is 7.56. The van der Waals surface area contributed by atoms with E-state index in [-0.39, 0.29) is 24.4 Å². The van der Waals surface area contributed by atoms with Crippen LogP contribution in [0.1, 0.15) is 6.42 Å². The fourth-order valence-electron chi connectivity index (χ4n) is 0.302. The molecule has 61 valence electrons. The third-order valence-corrected chi connectivity index (χ3v) is 1.04.